The van der Waals surface area contributed by atoms with Gasteiger partial charge < -0.3 is 9.47 Å². The van der Waals surface area contributed by atoms with Gasteiger partial charge in [0, 0.05) is 20.0 Å². The van der Waals surface area contributed by atoms with E-state index in [2.05, 4.69) is 0 Å². The molecule has 0 aliphatic carbocycles. The molecule has 14 heavy (non-hydrogen) atoms. The van der Waals surface area contributed by atoms with E-state index in [1.54, 1.807) is 0 Å². The van der Waals surface area contributed by atoms with Gasteiger partial charge >= 0.3 is 5.97 Å². The van der Waals surface area contributed by atoms with Gasteiger partial charge in [-0.2, -0.15) is 0 Å². The monoisotopic (exact) mass is 200 g/mol. The predicted molar refractivity (Wildman–Crippen MR) is 54.1 cm³/mol. The number of carbonyl (C=O) groups is 1. The van der Waals surface area contributed by atoms with Crippen molar-refractivity contribution in [2.45, 2.75) is 58.2 Å². The van der Waals surface area contributed by atoms with E-state index in [0.717, 1.165) is 32.3 Å². The van der Waals surface area contributed by atoms with E-state index >= 15 is 0 Å². The standard InChI is InChI=1S/C11H20O3/c1-4-11(3,14-9(2)12)8-10-6-5-7-13-10/h10H,4-8H2,1-3H3. The lowest BCUT2D eigenvalue weighted by atomic mass is 9.94. The summed E-state index contributed by atoms with van der Waals surface area (Å²) in [6, 6.07) is 0. The van der Waals surface area contributed by atoms with Crippen molar-refractivity contribution in [2.75, 3.05) is 6.61 Å². The fraction of sp³-hybridized carbons (Fsp3) is 0.909. The van der Waals surface area contributed by atoms with Gasteiger partial charge in [-0.05, 0) is 26.2 Å². The Morgan fingerprint density at radius 2 is 2.36 bits per heavy atom. The van der Waals surface area contributed by atoms with Crippen molar-refractivity contribution in [3.8, 4) is 0 Å². The van der Waals surface area contributed by atoms with E-state index in [1.165, 1.54) is 6.92 Å². The van der Waals surface area contributed by atoms with E-state index in [9.17, 15) is 4.79 Å². The first-order valence-electron chi connectivity index (χ1n) is 5.37. The lowest BCUT2D eigenvalue weighted by Crippen LogP contribution is -2.34. The smallest absolute Gasteiger partial charge is 0.303 e. The molecule has 1 aliphatic heterocycles. The molecule has 3 heteroatoms. The highest BCUT2D eigenvalue weighted by molar-refractivity contribution is 5.66. The van der Waals surface area contributed by atoms with Crippen LogP contribution in [0.3, 0.4) is 0 Å². The fourth-order valence-electron chi connectivity index (χ4n) is 1.89. The minimum absolute atomic E-state index is 0.202. The average Bonchev–Trinajstić information content (AvgIpc) is 2.55. The van der Waals surface area contributed by atoms with Crippen LogP contribution in [0.5, 0.6) is 0 Å². The maximum Gasteiger partial charge on any atom is 0.303 e. The first-order chi connectivity index (χ1) is 6.56. The number of hydrogen-bond acceptors (Lipinski definition) is 3. The summed E-state index contributed by atoms with van der Waals surface area (Å²) < 4.78 is 10.9. The van der Waals surface area contributed by atoms with Crippen molar-refractivity contribution < 1.29 is 14.3 Å². The second-order valence-corrected chi connectivity index (χ2v) is 4.24. The molecule has 1 saturated heterocycles. The molecule has 0 radical (unpaired) electrons. The van der Waals surface area contributed by atoms with E-state index in [0.29, 0.717) is 0 Å². The van der Waals surface area contributed by atoms with E-state index < -0.39 is 0 Å². The van der Waals surface area contributed by atoms with Crippen LogP contribution in [0.2, 0.25) is 0 Å². The Bertz CT molecular complexity index is 197. The van der Waals surface area contributed by atoms with Crippen LogP contribution in [0, 0.1) is 0 Å². The normalized spacial score (nSPS) is 25.8. The Labute approximate surface area is 85.8 Å². The van der Waals surface area contributed by atoms with Gasteiger partial charge in [0.15, 0.2) is 0 Å². The first kappa shape index (κ1) is 11.5. The molecule has 0 saturated carbocycles. The van der Waals surface area contributed by atoms with E-state index in [1.807, 2.05) is 13.8 Å². The van der Waals surface area contributed by atoms with Gasteiger partial charge in [0.05, 0.1) is 6.10 Å². The summed E-state index contributed by atoms with van der Waals surface area (Å²) in [7, 11) is 0. The van der Waals surface area contributed by atoms with Crippen molar-refractivity contribution in [1.82, 2.24) is 0 Å². The van der Waals surface area contributed by atoms with Crippen LogP contribution in [-0.4, -0.2) is 24.3 Å². The van der Waals surface area contributed by atoms with Crippen LogP contribution in [0.15, 0.2) is 0 Å². The van der Waals surface area contributed by atoms with Gasteiger partial charge in [-0.15, -0.1) is 0 Å². The maximum absolute atomic E-state index is 10.9. The molecule has 1 rings (SSSR count). The Hall–Kier alpha value is -0.570. The minimum atomic E-state index is -0.346. The second-order valence-electron chi connectivity index (χ2n) is 4.24. The number of carbonyl (C=O) groups excluding carboxylic acids is 1. The van der Waals surface area contributed by atoms with Gasteiger partial charge in [-0.3, -0.25) is 4.79 Å². The lowest BCUT2D eigenvalue weighted by Gasteiger charge is -2.30. The summed E-state index contributed by atoms with van der Waals surface area (Å²) in [5.74, 6) is -0.202. The topological polar surface area (TPSA) is 35.5 Å². The number of esters is 1. The molecule has 1 fully saturated rings. The fourth-order valence-corrected chi connectivity index (χ4v) is 1.89. The number of rotatable bonds is 4. The molecule has 1 heterocycles. The molecule has 2 atom stereocenters. The molecule has 0 aromatic carbocycles. The summed E-state index contributed by atoms with van der Waals surface area (Å²) in [5, 5.41) is 0. The molecule has 82 valence electrons. The van der Waals surface area contributed by atoms with Crippen molar-refractivity contribution in [1.29, 1.82) is 0 Å². The summed E-state index contributed by atoms with van der Waals surface area (Å²) in [4.78, 5) is 10.9. The van der Waals surface area contributed by atoms with Gasteiger partial charge in [-0.25, -0.2) is 0 Å². The largest absolute Gasteiger partial charge is 0.459 e. The molecule has 1 aliphatic rings. The molecule has 0 N–H and O–H groups in total. The predicted octanol–water partition coefficient (Wildman–Crippen LogP) is 2.29. The van der Waals surface area contributed by atoms with E-state index in [4.69, 9.17) is 9.47 Å². The van der Waals surface area contributed by atoms with Crippen molar-refractivity contribution in [3.63, 3.8) is 0 Å². The van der Waals surface area contributed by atoms with Crippen LogP contribution in [0.1, 0.15) is 46.5 Å². The van der Waals surface area contributed by atoms with Gasteiger partial charge in [0.1, 0.15) is 5.60 Å². The quantitative estimate of drug-likeness (QED) is 0.653. The summed E-state index contributed by atoms with van der Waals surface area (Å²) >= 11 is 0. The molecule has 0 aromatic heterocycles. The highest BCUT2D eigenvalue weighted by Gasteiger charge is 2.31. The van der Waals surface area contributed by atoms with E-state index in [-0.39, 0.29) is 17.7 Å². The summed E-state index contributed by atoms with van der Waals surface area (Å²) in [6.07, 6.45) is 4.16. The third-order valence-electron chi connectivity index (χ3n) is 2.82. The van der Waals surface area contributed by atoms with Gasteiger partial charge in [0.25, 0.3) is 0 Å². The molecule has 2 unspecified atom stereocenters. The van der Waals surface area contributed by atoms with Crippen LogP contribution >= 0.6 is 0 Å². The molecule has 0 bridgehead atoms. The zero-order valence-electron chi connectivity index (χ0n) is 9.34. The first-order valence-corrected chi connectivity index (χ1v) is 5.37. The van der Waals surface area contributed by atoms with Crippen molar-refractivity contribution >= 4 is 5.97 Å². The van der Waals surface area contributed by atoms with Crippen LogP contribution in [-0.2, 0) is 14.3 Å². The van der Waals surface area contributed by atoms with Crippen LogP contribution in [0.25, 0.3) is 0 Å². The van der Waals surface area contributed by atoms with Crippen LogP contribution < -0.4 is 0 Å². The average molecular weight is 200 g/mol. The third kappa shape index (κ3) is 3.29. The highest BCUT2D eigenvalue weighted by Crippen LogP contribution is 2.27. The number of ether oxygens (including phenoxy) is 2. The molecule has 0 amide bonds. The summed E-state index contributed by atoms with van der Waals surface area (Å²) in [5.41, 5.74) is -0.346. The third-order valence-corrected chi connectivity index (χ3v) is 2.82. The zero-order valence-corrected chi connectivity index (χ0v) is 9.34. The Balaban J connectivity index is 2.46. The SMILES string of the molecule is CCC(C)(CC1CCCO1)OC(C)=O. The Morgan fingerprint density at radius 3 is 2.79 bits per heavy atom. The number of hydrogen-bond donors (Lipinski definition) is 0. The summed E-state index contributed by atoms with van der Waals surface area (Å²) in [6.45, 7) is 6.34. The van der Waals surface area contributed by atoms with Gasteiger partial charge in [0.2, 0.25) is 0 Å². The molecular weight excluding hydrogens is 180 g/mol. The molecule has 3 nitrogen and oxygen atoms in total. The Morgan fingerprint density at radius 1 is 1.64 bits per heavy atom. The highest BCUT2D eigenvalue weighted by atomic mass is 16.6. The Kier molecular flexibility index (Phi) is 3.93. The second kappa shape index (κ2) is 4.78. The van der Waals surface area contributed by atoms with Gasteiger partial charge in [-0.1, -0.05) is 6.92 Å². The lowest BCUT2D eigenvalue weighted by molar-refractivity contribution is -0.158. The van der Waals surface area contributed by atoms with Crippen molar-refractivity contribution in [3.05, 3.63) is 0 Å². The maximum atomic E-state index is 10.9. The molecule has 0 aromatic rings. The minimum Gasteiger partial charge on any atom is -0.459 e. The van der Waals surface area contributed by atoms with Crippen molar-refractivity contribution in [2.24, 2.45) is 0 Å². The molecular formula is C11H20O3. The zero-order chi connectivity index (χ0) is 10.6. The van der Waals surface area contributed by atoms with Crippen LogP contribution in [0.4, 0.5) is 0 Å². The molecule has 0 spiro atoms.